The quantitative estimate of drug-likeness (QED) is 0.516. The van der Waals surface area contributed by atoms with Crippen LogP contribution in [0.5, 0.6) is 0 Å². The summed E-state index contributed by atoms with van der Waals surface area (Å²) in [5.41, 5.74) is 5.99. The molecule has 0 aliphatic carbocycles. The van der Waals surface area contributed by atoms with E-state index in [2.05, 4.69) is 10.1 Å². The smallest absolute Gasteiger partial charge is 0.292 e. The van der Waals surface area contributed by atoms with Gasteiger partial charge in [-0.3, -0.25) is 10.1 Å². The third kappa shape index (κ3) is 2.15. The predicted octanol–water partition coefficient (Wildman–Crippen LogP) is 1.83. The Bertz CT molecular complexity index is 648. The molecule has 0 atom stereocenters. The van der Waals surface area contributed by atoms with Gasteiger partial charge in [0.15, 0.2) is 0 Å². The van der Waals surface area contributed by atoms with Crippen molar-refractivity contribution in [1.29, 1.82) is 0 Å². The van der Waals surface area contributed by atoms with Crippen LogP contribution < -0.4 is 10.6 Å². The van der Waals surface area contributed by atoms with Crippen molar-refractivity contribution in [2.45, 2.75) is 12.8 Å². The van der Waals surface area contributed by atoms with Gasteiger partial charge in [0.25, 0.3) is 17.5 Å². The summed E-state index contributed by atoms with van der Waals surface area (Å²) < 4.78 is 5.17. The Morgan fingerprint density at radius 1 is 1.35 bits per heavy atom. The zero-order chi connectivity index (χ0) is 14.1. The molecule has 0 saturated carbocycles. The molecule has 0 unspecified atom stereocenters. The molecule has 3 rings (SSSR count). The van der Waals surface area contributed by atoms with E-state index in [1.165, 1.54) is 12.1 Å². The zero-order valence-electron chi connectivity index (χ0n) is 10.7. The number of nitrogens with two attached hydrogens (primary N) is 1. The first kappa shape index (κ1) is 12.4. The van der Waals surface area contributed by atoms with Crippen molar-refractivity contribution in [1.82, 2.24) is 10.1 Å². The Morgan fingerprint density at radius 2 is 2.10 bits per heavy atom. The lowest BCUT2D eigenvalue weighted by molar-refractivity contribution is -0.383. The first-order chi connectivity index (χ1) is 9.65. The normalized spacial score (nSPS) is 14.7. The SMILES string of the molecule is Nc1ccc(-c2nc(N3CCCC3)no2)cc1[N+](=O)[O-]. The van der Waals surface area contributed by atoms with Crippen molar-refractivity contribution < 1.29 is 9.45 Å². The van der Waals surface area contributed by atoms with E-state index in [0.717, 1.165) is 25.9 Å². The summed E-state index contributed by atoms with van der Waals surface area (Å²) in [6.07, 6.45) is 2.22. The standard InChI is InChI=1S/C12H13N5O3/c13-9-4-3-8(7-10(9)17(18)19)11-14-12(15-20-11)16-5-1-2-6-16/h3-4,7H,1-2,5-6,13H2. The number of hydrogen-bond acceptors (Lipinski definition) is 7. The van der Waals surface area contributed by atoms with Crippen molar-refractivity contribution >= 4 is 17.3 Å². The number of nitro benzene ring substituents is 1. The second-order valence-corrected chi connectivity index (χ2v) is 4.62. The molecule has 104 valence electrons. The van der Waals surface area contributed by atoms with Gasteiger partial charge in [0.2, 0.25) is 0 Å². The van der Waals surface area contributed by atoms with Crippen LogP contribution in [-0.2, 0) is 0 Å². The van der Waals surface area contributed by atoms with Crippen LogP contribution in [0.15, 0.2) is 22.7 Å². The molecule has 1 aromatic heterocycles. The van der Waals surface area contributed by atoms with Crippen LogP contribution >= 0.6 is 0 Å². The van der Waals surface area contributed by atoms with E-state index in [1.807, 2.05) is 4.90 Å². The second-order valence-electron chi connectivity index (χ2n) is 4.62. The molecule has 1 fully saturated rings. The Labute approximate surface area is 114 Å². The first-order valence-electron chi connectivity index (χ1n) is 6.28. The van der Waals surface area contributed by atoms with E-state index in [0.29, 0.717) is 11.5 Å². The van der Waals surface area contributed by atoms with E-state index in [9.17, 15) is 10.1 Å². The van der Waals surface area contributed by atoms with E-state index in [-0.39, 0.29) is 17.3 Å². The molecule has 0 amide bonds. The number of aromatic nitrogens is 2. The summed E-state index contributed by atoms with van der Waals surface area (Å²) in [5, 5.41) is 14.8. The highest BCUT2D eigenvalue weighted by Crippen LogP contribution is 2.29. The molecule has 1 saturated heterocycles. The fourth-order valence-electron chi connectivity index (χ4n) is 2.21. The minimum atomic E-state index is -0.531. The number of hydrogen-bond donors (Lipinski definition) is 1. The van der Waals surface area contributed by atoms with Gasteiger partial charge in [0.05, 0.1) is 4.92 Å². The molecule has 8 heteroatoms. The van der Waals surface area contributed by atoms with Crippen LogP contribution in [0.4, 0.5) is 17.3 Å². The van der Waals surface area contributed by atoms with Crippen LogP contribution in [0.2, 0.25) is 0 Å². The summed E-state index contributed by atoms with van der Waals surface area (Å²) in [6, 6.07) is 4.44. The molecular weight excluding hydrogens is 262 g/mol. The first-order valence-corrected chi connectivity index (χ1v) is 6.28. The highest BCUT2D eigenvalue weighted by molar-refractivity contribution is 5.68. The molecule has 0 bridgehead atoms. The molecule has 0 spiro atoms. The van der Waals surface area contributed by atoms with Crippen molar-refractivity contribution in [3.63, 3.8) is 0 Å². The highest BCUT2D eigenvalue weighted by atomic mass is 16.6. The number of rotatable bonds is 3. The molecular formula is C12H13N5O3. The monoisotopic (exact) mass is 275 g/mol. The lowest BCUT2D eigenvalue weighted by atomic mass is 10.2. The minimum Gasteiger partial charge on any atom is -0.393 e. The predicted molar refractivity (Wildman–Crippen MR) is 72.2 cm³/mol. The molecule has 1 aliphatic heterocycles. The maximum Gasteiger partial charge on any atom is 0.292 e. The Morgan fingerprint density at radius 3 is 2.80 bits per heavy atom. The lowest BCUT2D eigenvalue weighted by Crippen LogP contribution is -2.18. The third-order valence-corrected chi connectivity index (χ3v) is 3.28. The van der Waals surface area contributed by atoms with Crippen LogP contribution in [0.1, 0.15) is 12.8 Å². The van der Waals surface area contributed by atoms with Crippen molar-refractivity contribution in [3.8, 4) is 11.5 Å². The molecule has 1 aromatic carbocycles. The van der Waals surface area contributed by atoms with Gasteiger partial charge in [-0.1, -0.05) is 0 Å². The summed E-state index contributed by atoms with van der Waals surface area (Å²) in [5.74, 6) is 0.784. The maximum atomic E-state index is 10.9. The molecule has 2 N–H and O–H groups in total. The summed E-state index contributed by atoms with van der Waals surface area (Å²) in [4.78, 5) is 16.6. The van der Waals surface area contributed by atoms with Gasteiger partial charge in [-0.25, -0.2) is 0 Å². The number of anilines is 2. The number of nitrogens with zero attached hydrogens (tertiary/aromatic N) is 4. The summed E-state index contributed by atoms with van der Waals surface area (Å²) in [7, 11) is 0. The molecule has 20 heavy (non-hydrogen) atoms. The van der Waals surface area contributed by atoms with Gasteiger partial charge in [-0.2, -0.15) is 4.98 Å². The zero-order valence-corrected chi connectivity index (χ0v) is 10.7. The lowest BCUT2D eigenvalue weighted by Gasteiger charge is -2.09. The van der Waals surface area contributed by atoms with Crippen LogP contribution in [0.25, 0.3) is 11.5 Å². The third-order valence-electron chi connectivity index (χ3n) is 3.28. The highest BCUT2D eigenvalue weighted by Gasteiger charge is 2.20. The van der Waals surface area contributed by atoms with Crippen LogP contribution in [-0.4, -0.2) is 28.2 Å². The molecule has 2 aromatic rings. The van der Waals surface area contributed by atoms with Crippen molar-refractivity contribution in [3.05, 3.63) is 28.3 Å². The number of benzene rings is 1. The van der Waals surface area contributed by atoms with Crippen LogP contribution in [0, 0.1) is 10.1 Å². The summed E-state index contributed by atoms with van der Waals surface area (Å²) in [6.45, 7) is 1.81. The average Bonchev–Trinajstić information content (AvgIpc) is 3.09. The van der Waals surface area contributed by atoms with Gasteiger partial charge in [0, 0.05) is 24.7 Å². The van der Waals surface area contributed by atoms with Gasteiger partial charge in [-0.15, -0.1) is 0 Å². The molecule has 0 radical (unpaired) electrons. The average molecular weight is 275 g/mol. The second kappa shape index (κ2) is 4.80. The number of nitro groups is 1. The van der Waals surface area contributed by atoms with Crippen molar-refractivity contribution in [2.75, 3.05) is 23.7 Å². The largest absolute Gasteiger partial charge is 0.393 e. The Balaban J connectivity index is 1.93. The van der Waals surface area contributed by atoms with Gasteiger partial charge in [0.1, 0.15) is 5.69 Å². The Kier molecular flexibility index (Phi) is 2.97. The Hall–Kier alpha value is -2.64. The maximum absolute atomic E-state index is 10.9. The van der Waals surface area contributed by atoms with E-state index < -0.39 is 4.92 Å². The minimum absolute atomic E-state index is 0.109. The fourth-order valence-corrected chi connectivity index (χ4v) is 2.21. The van der Waals surface area contributed by atoms with E-state index in [1.54, 1.807) is 6.07 Å². The summed E-state index contributed by atoms with van der Waals surface area (Å²) >= 11 is 0. The van der Waals surface area contributed by atoms with Gasteiger partial charge >= 0.3 is 0 Å². The van der Waals surface area contributed by atoms with Crippen LogP contribution in [0.3, 0.4) is 0 Å². The van der Waals surface area contributed by atoms with Gasteiger partial charge < -0.3 is 15.2 Å². The molecule has 1 aliphatic rings. The van der Waals surface area contributed by atoms with Crippen molar-refractivity contribution in [2.24, 2.45) is 0 Å². The van der Waals surface area contributed by atoms with E-state index in [4.69, 9.17) is 10.3 Å². The van der Waals surface area contributed by atoms with Gasteiger partial charge in [-0.05, 0) is 30.1 Å². The fraction of sp³-hybridized carbons (Fsp3) is 0.333. The topological polar surface area (TPSA) is 111 Å². The number of nitrogen functional groups attached to an aromatic ring is 1. The van der Waals surface area contributed by atoms with E-state index >= 15 is 0 Å². The molecule has 2 heterocycles. The molecule has 8 nitrogen and oxygen atoms in total.